The summed E-state index contributed by atoms with van der Waals surface area (Å²) in [6, 6.07) is 10.3. The van der Waals surface area contributed by atoms with Gasteiger partial charge in [0.05, 0.1) is 36.3 Å². The zero-order valence-electron chi connectivity index (χ0n) is 18.1. The maximum absolute atomic E-state index is 13.9. The highest BCUT2D eigenvalue weighted by molar-refractivity contribution is 6.36. The smallest absolute Gasteiger partial charge is 0.233 e. The summed E-state index contributed by atoms with van der Waals surface area (Å²) in [6.07, 6.45) is 2.52. The van der Waals surface area contributed by atoms with Crippen molar-refractivity contribution in [3.63, 3.8) is 0 Å². The lowest BCUT2D eigenvalue weighted by molar-refractivity contribution is 0.0322. The fraction of sp³-hybridized carbons (Fsp3) is 0.333. The number of hydrogen-bond donors (Lipinski definition) is 0. The minimum absolute atomic E-state index is 0.0664. The van der Waals surface area contributed by atoms with Crippen molar-refractivity contribution in [2.24, 2.45) is 0 Å². The molecule has 174 valence electrons. The van der Waals surface area contributed by atoms with Gasteiger partial charge >= 0.3 is 0 Å². The molecule has 0 spiro atoms. The number of ether oxygens (including phenoxy) is 3. The third kappa shape index (κ3) is 6.12. The Labute approximate surface area is 202 Å². The van der Waals surface area contributed by atoms with E-state index in [2.05, 4.69) is 14.9 Å². The van der Waals surface area contributed by atoms with E-state index >= 15 is 0 Å². The van der Waals surface area contributed by atoms with Crippen molar-refractivity contribution in [3.8, 4) is 22.9 Å². The van der Waals surface area contributed by atoms with Gasteiger partial charge in [-0.05, 0) is 43.3 Å². The first kappa shape index (κ1) is 23.7. The Kier molecular flexibility index (Phi) is 7.98. The second-order valence-electron chi connectivity index (χ2n) is 7.59. The van der Waals surface area contributed by atoms with E-state index in [1.54, 1.807) is 13.1 Å². The van der Waals surface area contributed by atoms with Gasteiger partial charge in [0, 0.05) is 35.8 Å². The predicted molar refractivity (Wildman–Crippen MR) is 126 cm³/mol. The molecule has 1 aliphatic rings. The quantitative estimate of drug-likeness (QED) is 0.391. The lowest BCUT2D eigenvalue weighted by Crippen LogP contribution is -2.38. The highest BCUT2D eigenvalue weighted by atomic mass is 35.5. The third-order valence-corrected chi connectivity index (χ3v) is 6.04. The van der Waals surface area contributed by atoms with Crippen LogP contribution in [0.1, 0.15) is 18.6 Å². The van der Waals surface area contributed by atoms with Gasteiger partial charge in [-0.3, -0.25) is 9.88 Å². The predicted octanol–water partition coefficient (Wildman–Crippen LogP) is 5.44. The molecule has 0 radical (unpaired) electrons. The first-order valence-electron chi connectivity index (χ1n) is 10.7. The van der Waals surface area contributed by atoms with Crippen molar-refractivity contribution >= 4 is 23.2 Å². The second-order valence-corrected chi connectivity index (χ2v) is 8.37. The van der Waals surface area contributed by atoms with E-state index in [9.17, 15) is 4.39 Å². The summed E-state index contributed by atoms with van der Waals surface area (Å²) in [4.78, 5) is 11.1. The van der Waals surface area contributed by atoms with Gasteiger partial charge in [0.2, 0.25) is 5.88 Å². The van der Waals surface area contributed by atoms with Crippen LogP contribution in [-0.4, -0.2) is 54.3 Å². The monoisotopic (exact) mass is 491 g/mol. The molecule has 0 saturated carbocycles. The first-order chi connectivity index (χ1) is 16.0. The molecule has 1 aliphatic heterocycles. The molecule has 4 rings (SSSR count). The number of morpholine rings is 1. The SMILES string of the molecule is CC(Oc1cncc(-c2ccc(OCCN3CCOCC3)cc2)n1)c1c(Cl)ccc(F)c1Cl. The maximum atomic E-state index is 13.9. The molecule has 1 aromatic heterocycles. The third-order valence-electron chi connectivity index (χ3n) is 5.33. The molecule has 0 N–H and O–H groups in total. The number of nitrogens with zero attached hydrogens (tertiary/aromatic N) is 3. The maximum Gasteiger partial charge on any atom is 0.233 e. The molecule has 1 saturated heterocycles. The van der Waals surface area contributed by atoms with Crippen LogP contribution in [0.4, 0.5) is 4.39 Å². The molecule has 1 fully saturated rings. The zero-order valence-corrected chi connectivity index (χ0v) is 19.7. The second kappa shape index (κ2) is 11.1. The average molecular weight is 492 g/mol. The van der Waals surface area contributed by atoms with E-state index in [0.29, 0.717) is 22.9 Å². The summed E-state index contributed by atoms with van der Waals surface area (Å²) in [5, 5.41) is 0.255. The molecule has 9 heteroatoms. The molecule has 0 bridgehead atoms. The van der Waals surface area contributed by atoms with Crippen LogP contribution in [0, 0.1) is 5.82 Å². The molecule has 1 atom stereocenters. The van der Waals surface area contributed by atoms with Crippen molar-refractivity contribution in [1.29, 1.82) is 0 Å². The minimum Gasteiger partial charge on any atom is -0.492 e. The van der Waals surface area contributed by atoms with Crippen molar-refractivity contribution in [1.82, 2.24) is 14.9 Å². The average Bonchev–Trinajstić information content (AvgIpc) is 2.83. The van der Waals surface area contributed by atoms with Crippen molar-refractivity contribution < 1.29 is 18.6 Å². The summed E-state index contributed by atoms with van der Waals surface area (Å²) >= 11 is 12.3. The van der Waals surface area contributed by atoms with Crippen LogP contribution in [0.25, 0.3) is 11.3 Å². The Balaban J connectivity index is 1.38. The number of hydrogen-bond acceptors (Lipinski definition) is 6. The lowest BCUT2D eigenvalue weighted by Gasteiger charge is -2.26. The Bertz CT molecular complexity index is 1080. The molecule has 33 heavy (non-hydrogen) atoms. The molecule has 3 aromatic rings. The number of aromatic nitrogens is 2. The molecule has 2 aromatic carbocycles. The number of rotatable bonds is 8. The van der Waals surface area contributed by atoms with Gasteiger partial charge in [0.25, 0.3) is 0 Å². The van der Waals surface area contributed by atoms with Gasteiger partial charge < -0.3 is 14.2 Å². The van der Waals surface area contributed by atoms with E-state index in [-0.39, 0.29) is 10.9 Å². The number of halogens is 3. The Morgan fingerprint density at radius 2 is 1.85 bits per heavy atom. The summed E-state index contributed by atoms with van der Waals surface area (Å²) in [7, 11) is 0. The van der Waals surface area contributed by atoms with E-state index in [0.717, 1.165) is 44.2 Å². The van der Waals surface area contributed by atoms with Gasteiger partial charge in [-0.15, -0.1) is 0 Å². The van der Waals surface area contributed by atoms with Gasteiger partial charge in [0.15, 0.2) is 0 Å². The van der Waals surface area contributed by atoms with Crippen LogP contribution in [0.5, 0.6) is 11.6 Å². The van der Waals surface area contributed by atoms with Gasteiger partial charge in [0.1, 0.15) is 24.3 Å². The van der Waals surface area contributed by atoms with E-state index < -0.39 is 11.9 Å². The highest BCUT2D eigenvalue weighted by Gasteiger charge is 2.19. The molecule has 0 aliphatic carbocycles. The van der Waals surface area contributed by atoms with Crippen LogP contribution in [0.2, 0.25) is 10.0 Å². The largest absolute Gasteiger partial charge is 0.492 e. The van der Waals surface area contributed by atoms with Crippen LogP contribution in [0.15, 0.2) is 48.8 Å². The van der Waals surface area contributed by atoms with Gasteiger partial charge in [-0.2, -0.15) is 0 Å². The fourth-order valence-electron chi connectivity index (χ4n) is 3.54. The Morgan fingerprint density at radius 1 is 1.09 bits per heavy atom. The molecular formula is C24H24Cl2FN3O3. The van der Waals surface area contributed by atoms with Crippen molar-refractivity contribution in [3.05, 3.63) is 70.2 Å². The topological polar surface area (TPSA) is 56.7 Å². The molecular weight excluding hydrogens is 468 g/mol. The first-order valence-corrected chi connectivity index (χ1v) is 11.4. The molecule has 0 amide bonds. The minimum atomic E-state index is -0.618. The molecule has 6 nitrogen and oxygen atoms in total. The number of benzene rings is 2. The summed E-state index contributed by atoms with van der Waals surface area (Å²) < 4.78 is 30.9. The van der Waals surface area contributed by atoms with Gasteiger partial charge in [-0.1, -0.05) is 23.2 Å². The molecule has 2 heterocycles. The Hall–Kier alpha value is -2.45. The van der Waals surface area contributed by atoms with E-state index in [1.165, 1.54) is 18.3 Å². The fourth-order valence-corrected chi connectivity index (χ4v) is 4.22. The van der Waals surface area contributed by atoms with E-state index in [1.807, 2.05) is 24.3 Å². The normalized spacial score (nSPS) is 15.3. The summed E-state index contributed by atoms with van der Waals surface area (Å²) in [5.74, 6) is 0.511. The lowest BCUT2D eigenvalue weighted by atomic mass is 10.1. The van der Waals surface area contributed by atoms with Crippen LogP contribution >= 0.6 is 23.2 Å². The molecule has 1 unspecified atom stereocenters. The standard InChI is InChI=1S/C24H24Cl2FN3O3/c1-16(23-19(25)6-7-20(27)24(23)26)33-22-15-28-14-21(29-22)17-2-4-18(5-3-17)32-13-10-30-8-11-31-12-9-30/h2-7,14-16H,8-13H2,1H3. The van der Waals surface area contributed by atoms with E-state index in [4.69, 9.17) is 37.4 Å². The van der Waals surface area contributed by atoms with Crippen LogP contribution in [0.3, 0.4) is 0 Å². The highest BCUT2D eigenvalue weighted by Crippen LogP contribution is 2.34. The summed E-state index contributed by atoms with van der Waals surface area (Å²) in [5.41, 5.74) is 1.86. The van der Waals surface area contributed by atoms with Gasteiger partial charge in [-0.25, -0.2) is 9.37 Å². The zero-order chi connectivity index (χ0) is 23.2. The summed E-state index contributed by atoms with van der Waals surface area (Å²) in [6.45, 7) is 6.65. The van der Waals surface area contributed by atoms with Crippen molar-refractivity contribution in [2.45, 2.75) is 13.0 Å². The van der Waals surface area contributed by atoms with Crippen LogP contribution in [-0.2, 0) is 4.74 Å². The van der Waals surface area contributed by atoms with Crippen LogP contribution < -0.4 is 9.47 Å². The van der Waals surface area contributed by atoms with Crippen molar-refractivity contribution in [2.75, 3.05) is 39.5 Å². The Morgan fingerprint density at radius 3 is 2.61 bits per heavy atom.